The van der Waals surface area contributed by atoms with Gasteiger partial charge in [-0.3, -0.25) is 4.57 Å². The minimum absolute atomic E-state index is 0.453. The monoisotopic (exact) mass is 375 g/mol. The van der Waals surface area contributed by atoms with Crippen molar-refractivity contribution in [1.29, 1.82) is 0 Å². The molecule has 1 saturated carbocycles. The lowest BCUT2D eigenvalue weighted by molar-refractivity contribution is 1.01. The molecule has 1 fully saturated rings. The fourth-order valence-electron chi connectivity index (χ4n) is 3.34. The van der Waals surface area contributed by atoms with Crippen molar-refractivity contribution in [2.45, 2.75) is 24.6 Å². The van der Waals surface area contributed by atoms with Crippen LogP contribution < -0.4 is 5.73 Å². The Kier molecular flexibility index (Phi) is 3.83. The summed E-state index contributed by atoms with van der Waals surface area (Å²) in [5, 5.41) is 0. The molecule has 1 aliphatic rings. The molecule has 0 saturated heterocycles. The van der Waals surface area contributed by atoms with E-state index in [0.717, 1.165) is 39.5 Å². The molecule has 6 heteroatoms. The summed E-state index contributed by atoms with van der Waals surface area (Å²) in [6, 6.07) is 16.1. The zero-order valence-electron chi connectivity index (χ0n) is 14.6. The number of benzene rings is 1. The van der Waals surface area contributed by atoms with Gasteiger partial charge in [0.2, 0.25) is 0 Å². The van der Waals surface area contributed by atoms with Crippen LogP contribution in [0.1, 0.15) is 30.0 Å². The number of halogens is 1. The minimum atomic E-state index is 0.453. The highest BCUT2D eigenvalue weighted by Gasteiger charge is 2.26. The summed E-state index contributed by atoms with van der Waals surface area (Å²) in [7, 11) is 0. The standard InChI is InChI=1S/C21H18ClN5/c22-12-13-3-7-15(8-4-13)27-20(16-2-1-11-24-19(16)23)26-18-10-9-17(14-5-6-14)25-21(18)27/h1-4,7-11,14H,5-6,12H2,(H2,23,24). The number of imidazole rings is 1. The predicted molar refractivity (Wildman–Crippen MR) is 108 cm³/mol. The Morgan fingerprint density at radius 1 is 1.04 bits per heavy atom. The average Bonchev–Trinajstić information content (AvgIpc) is 3.49. The second-order valence-electron chi connectivity index (χ2n) is 6.86. The molecule has 5 rings (SSSR count). The third-order valence-electron chi connectivity index (χ3n) is 4.95. The van der Waals surface area contributed by atoms with Gasteiger partial charge in [0.1, 0.15) is 11.3 Å². The Bertz CT molecular complexity index is 1130. The lowest BCUT2D eigenvalue weighted by Crippen LogP contribution is -2.02. The van der Waals surface area contributed by atoms with E-state index in [1.54, 1.807) is 6.20 Å². The Hall–Kier alpha value is -2.92. The zero-order chi connectivity index (χ0) is 18.4. The number of alkyl halides is 1. The molecule has 0 atom stereocenters. The molecule has 3 aromatic heterocycles. The van der Waals surface area contributed by atoms with Gasteiger partial charge in [-0.2, -0.15) is 0 Å². The summed E-state index contributed by atoms with van der Waals surface area (Å²) >= 11 is 5.95. The van der Waals surface area contributed by atoms with Gasteiger partial charge in [-0.15, -0.1) is 11.6 Å². The van der Waals surface area contributed by atoms with E-state index in [1.807, 2.05) is 36.4 Å². The van der Waals surface area contributed by atoms with Crippen LogP contribution in [-0.4, -0.2) is 19.5 Å². The zero-order valence-corrected chi connectivity index (χ0v) is 15.4. The summed E-state index contributed by atoms with van der Waals surface area (Å²) in [6.07, 6.45) is 4.10. The highest BCUT2D eigenvalue weighted by Crippen LogP contribution is 2.40. The van der Waals surface area contributed by atoms with Gasteiger partial charge in [0.15, 0.2) is 11.5 Å². The molecule has 5 nitrogen and oxygen atoms in total. The maximum atomic E-state index is 6.15. The Morgan fingerprint density at radius 2 is 1.85 bits per heavy atom. The molecule has 0 spiro atoms. The van der Waals surface area contributed by atoms with Crippen LogP contribution in [-0.2, 0) is 5.88 Å². The van der Waals surface area contributed by atoms with Crippen molar-refractivity contribution in [2.24, 2.45) is 0 Å². The van der Waals surface area contributed by atoms with Crippen LogP contribution in [0.25, 0.3) is 28.2 Å². The summed E-state index contributed by atoms with van der Waals surface area (Å²) in [4.78, 5) is 14.0. The lowest BCUT2D eigenvalue weighted by atomic mass is 10.2. The highest BCUT2D eigenvalue weighted by atomic mass is 35.5. The van der Waals surface area contributed by atoms with E-state index in [-0.39, 0.29) is 0 Å². The van der Waals surface area contributed by atoms with E-state index >= 15 is 0 Å². The van der Waals surface area contributed by atoms with Gasteiger partial charge in [-0.1, -0.05) is 12.1 Å². The number of nitrogen functional groups attached to an aromatic ring is 1. The largest absolute Gasteiger partial charge is 0.383 e. The smallest absolute Gasteiger partial charge is 0.165 e. The van der Waals surface area contributed by atoms with Crippen molar-refractivity contribution in [3.8, 4) is 17.1 Å². The normalized spacial score (nSPS) is 14.0. The van der Waals surface area contributed by atoms with Gasteiger partial charge >= 0.3 is 0 Å². The van der Waals surface area contributed by atoms with Crippen LogP contribution in [0.3, 0.4) is 0 Å². The van der Waals surface area contributed by atoms with Gasteiger partial charge in [-0.05, 0) is 54.8 Å². The van der Waals surface area contributed by atoms with Crippen LogP contribution in [0.5, 0.6) is 0 Å². The minimum Gasteiger partial charge on any atom is -0.383 e. The molecule has 1 aromatic carbocycles. The van der Waals surface area contributed by atoms with Crippen molar-refractivity contribution >= 4 is 28.6 Å². The Labute approximate surface area is 161 Å². The van der Waals surface area contributed by atoms with Crippen LogP contribution >= 0.6 is 11.6 Å². The maximum absolute atomic E-state index is 6.15. The topological polar surface area (TPSA) is 69.6 Å². The van der Waals surface area contributed by atoms with Crippen LogP contribution in [0.2, 0.25) is 0 Å². The average molecular weight is 376 g/mol. The predicted octanol–water partition coefficient (Wildman–Crippen LogP) is 4.68. The molecule has 0 unspecified atom stereocenters. The Morgan fingerprint density at radius 3 is 2.56 bits per heavy atom. The first-order valence-electron chi connectivity index (χ1n) is 9.00. The number of aromatic nitrogens is 4. The van der Waals surface area contributed by atoms with E-state index in [2.05, 4.69) is 21.7 Å². The van der Waals surface area contributed by atoms with Crippen molar-refractivity contribution in [1.82, 2.24) is 19.5 Å². The third kappa shape index (κ3) is 2.84. The number of rotatable bonds is 4. The van der Waals surface area contributed by atoms with Gasteiger partial charge in [-0.25, -0.2) is 15.0 Å². The van der Waals surface area contributed by atoms with E-state index in [4.69, 9.17) is 27.3 Å². The van der Waals surface area contributed by atoms with E-state index in [1.165, 1.54) is 12.8 Å². The number of hydrogen-bond donors (Lipinski definition) is 1. The van der Waals surface area contributed by atoms with Crippen molar-refractivity contribution in [2.75, 3.05) is 5.73 Å². The highest BCUT2D eigenvalue weighted by molar-refractivity contribution is 6.17. The van der Waals surface area contributed by atoms with Crippen molar-refractivity contribution in [3.63, 3.8) is 0 Å². The molecule has 0 radical (unpaired) electrons. The Balaban J connectivity index is 1.78. The summed E-state index contributed by atoms with van der Waals surface area (Å²) in [5.41, 5.74) is 11.8. The number of nitrogens with zero attached hydrogens (tertiary/aromatic N) is 4. The third-order valence-corrected chi connectivity index (χ3v) is 5.26. The number of hydrogen-bond acceptors (Lipinski definition) is 4. The molecule has 0 bridgehead atoms. The lowest BCUT2D eigenvalue weighted by Gasteiger charge is -2.11. The first kappa shape index (κ1) is 16.3. The SMILES string of the molecule is Nc1ncccc1-c1nc2ccc(C3CC3)nc2n1-c1ccc(CCl)cc1. The second-order valence-corrected chi connectivity index (χ2v) is 7.13. The van der Waals surface area contributed by atoms with Crippen molar-refractivity contribution in [3.05, 3.63) is 66.0 Å². The molecule has 27 heavy (non-hydrogen) atoms. The first-order valence-corrected chi connectivity index (χ1v) is 9.53. The molecule has 134 valence electrons. The molecular weight excluding hydrogens is 358 g/mol. The second kappa shape index (κ2) is 6.35. The fraction of sp³-hybridized carbons (Fsp3) is 0.190. The molecule has 1 aliphatic carbocycles. The summed E-state index contributed by atoms with van der Waals surface area (Å²) in [5.74, 6) is 2.25. The molecule has 0 aliphatic heterocycles. The molecular formula is C21H18ClN5. The number of fused-ring (bicyclic) bond motifs is 1. The number of anilines is 1. The molecule has 4 aromatic rings. The van der Waals surface area contributed by atoms with Crippen LogP contribution in [0.15, 0.2) is 54.7 Å². The molecule has 2 N–H and O–H groups in total. The van der Waals surface area contributed by atoms with Gasteiger partial charge in [0.25, 0.3) is 0 Å². The molecule has 3 heterocycles. The van der Waals surface area contributed by atoms with Crippen LogP contribution in [0.4, 0.5) is 5.82 Å². The first-order chi connectivity index (χ1) is 13.2. The van der Waals surface area contributed by atoms with Gasteiger partial charge in [0, 0.05) is 29.4 Å². The summed E-state index contributed by atoms with van der Waals surface area (Å²) in [6.45, 7) is 0. The summed E-state index contributed by atoms with van der Waals surface area (Å²) < 4.78 is 2.06. The van der Waals surface area contributed by atoms with E-state index < -0.39 is 0 Å². The van der Waals surface area contributed by atoms with Gasteiger partial charge < -0.3 is 5.73 Å². The van der Waals surface area contributed by atoms with Crippen molar-refractivity contribution < 1.29 is 0 Å². The van der Waals surface area contributed by atoms with Crippen LogP contribution in [0, 0.1) is 0 Å². The number of nitrogens with two attached hydrogens (primary N) is 1. The maximum Gasteiger partial charge on any atom is 0.165 e. The molecule has 0 amide bonds. The fourth-order valence-corrected chi connectivity index (χ4v) is 3.52. The number of pyridine rings is 2. The van der Waals surface area contributed by atoms with E-state index in [9.17, 15) is 0 Å². The quantitative estimate of drug-likeness (QED) is 0.526. The van der Waals surface area contributed by atoms with Gasteiger partial charge in [0.05, 0.1) is 5.56 Å². The van der Waals surface area contributed by atoms with E-state index in [0.29, 0.717) is 17.6 Å².